The maximum atomic E-state index is 11.4. The van der Waals surface area contributed by atoms with E-state index in [1.807, 2.05) is 5.32 Å². The molecule has 1 rings (SSSR count). The van der Waals surface area contributed by atoms with Crippen molar-refractivity contribution in [1.82, 2.24) is 5.32 Å². The van der Waals surface area contributed by atoms with Crippen molar-refractivity contribution in [2.75, 3.05) is 6.54 Å². The number of carbonyl (C=O) groups excluding carboxylic acids is 3. The molecule has 0 fully saturated rings. The molecule has 0 spiro atoms. The lowest BCUT2D eigenvalue weighted by molar-refractivity contribution is -0.129. The minimum Gasteiger partial charge on any atom is -0.322 e. The third-order valence-corrected chi connectivity index (χ3v) is 1.71. The van der Waals surface area contributed by atoms with E-state index < -0.39 is 17.9 Å². The van der Waals surface area contributed by atoms with E-state index in [4.69, 9.17) is 5.73 Å². The second kappa shape index (κ2) is 4.99. The van der Waals surface area contributed by atoms with E-state index in [0.29, 0.717) is 0 Å². The minimum absolute atomic E-state index is 0.0832. The van der Waals surface area contributed by atoms with Gasteiger partial charge in [0.25, 0.3) is 5.91 Å². The summed E-state index contributed by atoms with van der Waals surface area (Å²) in [5.41, 5.74) is 5.10. The van der Waals surface area contributed by atoms with Crippen LogP contribution in [0.5, 0.6) is 0 Å². The van der Waals surface area contributed by atoms with Crippen LogP contribution in [-0.4, -0.2) is 36.6 Å². The Labute approximate surface area is 85.5 Å². The summed E-state index contributed by atoms with van der Waals surface area (Å²) in [6, 6.07) is -1.01. The molecule has 1 atom stereocenters. The molecule has 1 aliphatic rings. The monoisotopic (exact) mass is 207 g/mol. The first-order chi connectivity index (χ1) is 7.19. The number of nitrogens with one attached hydrogen (secondary N) is 1. The number of aliphatic imine (C=N–C) groups is 1. The number of amides is 2. The van der Waals surface area contributed by atoms with Gasteiger partial charge in [0.1, 0.15) is 5.94 Å². The number of carbonyl (C=O) groups is 2. The molecule has 2 amide bonds. The molecule has 0 bridgehead atoms. The van der Waals surface area contributed by atoms with Crippen molar-refractivity contribution in [3.8, 4) is 0 Å². The molecule has 0 aromatic rings. The molecule has 0 radical (unpaired) electrons. The molecule has 0 saturated heterocycles. The van der Waals surface area contributed by atoms with Crippen LogP contribution in [0, 0.1) is 0 Å². The third kappa shape index (κ3) is 2.70. The van der Waals surface area contributed by atoms with Crippen molar-refractivity contribution in [1.29, 1.82) is 0 Å². The fourth-order valence-electron chi connectivity index (χ4n) is 1.01. The van der Waals surface area contributed by atoms with Gasteiger partial charge < -0.3 is 5.73 Å². The normalized spacial score (nSPS) is 18.5. The molecule has 1 unspecified atom stereocenters. The van der Waals surface area contributed by atoms with Gasteiger partial charge in [0.05, 0.1) is 12.1 Å². The van der Waals surface area contributed by atoms with Gasteiger partial charge in [-0.1, -0.05) is 0 Å². The molecule has 0 aromatic carbocycles. The highest BCUT2D eigenvalue weighted by Gasteiger charge is 2.23. The summed E-state index contributed by atoms with van der Waals surface area (Å²) in [6.07, 6.45) is 4.30. The first-order valence-electron chi connectivity index (χ1n) is 4.17. The van der Waals surface area contributed by atoms with Crippen molar-refractivity contribution >= 4 is 24.0 Å². The van der Waals surface area contributed by atoms with Gasteiger partial charge in [0, 0.05) is 6.21 Å². The van der Waals surface area contributed by atoms with Crippen LogP contribution >= 0.6 is 0 Å². The lowest BCUT2D eigenvalue weighted by Gasteiger charge is -2.12. The van der Waals surface area contributed by atoms with E-state index in [0.717, 1.165) is 0 Å². The fraction of sp³-hybridized carbons (Fsp3) is 0.222. The zero-order valence-corrected chi connectivity index (χ0v) is 7.77. The van der Waals surface area contributed by atoms with Gasteiger partial charge in [0.15, 0.2) is 6.04 Å². The average molecular weight is 207 g/mol. The Hall–Kier alpha value is -2.04. The van der Waals surface area contributed by atoms with Crippen LogP contribution in [0.25, 0.3) is 0 Å². The van der Waals surface area contributed by atoms with E-state index in [1.165, 1.54) is 18.4 Å². The summed E-state index contributed by atoms with van der Waals surface area (Å²) < 4.78 is 0. The second-order valence-corrected chi connectivity index (χ2v) is 2.73. The van der Waals surface area contributed by atoms with E-state index in [1.54, 1.807) is 5.94 Å². The summed E-state index contributed by atoms with van der Waals surface area (Å²) in [5.74, 6) is 0.297. The molecule has 6 heteroatoms. The zero-order chi connectivity index (χ0) is 11.3. The van der Waals surface area contributed by atoms with Crippen molar-refractivity contribution in [3.05, 3.63) is 17.7 Å². The number of nitrogens with two attached hydrogens (primary N) is 1. The van der Waals surface area contributed by atoms with Crippen molar-refractivity contribution in [3.63, 3.8) is 0 Å². The Morgan fingerprint density at radius 1 is 1.60 bits per heavy atom. The molecule has 6 nitrogen and oxygen atoms in total. The molecule has 1 aliphatic heterocycles. The van der Waals surface area contributed by atoms with Gasteiger partial charge in [-0.2, -0.15) is 0 Å². The minimum atomic E-state index is -1.01. The molecule has 15 heavy (non-hydrogen) atoms. The van der Waals surface area contributed by atoms with Crippen molar-refractivity contribution < 1.29 is 14.4 Å². The topological polar surface area (TPSA) is 102 Å². The molecule has 1 heterocycles. The van der Waals surface area contributed by atoms with E-state index in [-0.39, 0.29) is 12.1 Å². The second-order valence-electron chi connectivity index (χ2n) is 2.73. The predicted octanol–water partition coefficient (Wildman–Crippen LogP) is -1.64. The van der Waals surface area contributed by atoms with Crippen LogP contribution in [0.4, 0.5) is 0 Å². The zero-order valence-electron chi connectivity index (χ0n) is 7.77. The summed E-state index contributed by atoms with van der Waals surface area (Å²) in [7, 11) is 0. The highest BCUT2D eigenvalue weighted by molar-refractivity contribution is 6.02. The molecular weight excluding hydrogens is 198 g/mol. The SMILES string of the molecule is NCC(=O)NC(=O)C1N=CC=CC1=C=O. The van der Waals surface area contributed by atoms with Crippen molar-refractivity contribution in [2.45, 2.75) is 6.04 Å². The first-order valence-corrected chi connectivity index (χ1v) is 4.17. The molecule has 78 valence electrons. The van der Waals surface area contributed by atoms with Crippen LogP contribution in [0.3, 0.4) is 0 Å². The first kappa shape index (κ1) is 11.0. The number of hydrogen-bond acceptors (Lipinski definition) is 5. The maximum Gasteiger partial charge on any atom is 0.256 e. The Balaban J connectivity index is 2.75. The summed E-state index contributed by atoms with van der Waals surface area (Å²) in [6.45, 7) is -0.294. The Bertz CT molecular complexity index is 391. The van der Waals surface area contributed by atoms with E-state index in [9.17, 15) is 14.4 Å². The quantitative estimate of drug-likeness (QED) is 0.530. The number of rotatable bonds is 2. The lowest BCUT2D eigenvalue weighted by atomic mass is 10.1. The average Bonchev–Trinajstić information content (AvgIpc) is 2.28. The highest BCUT2D eigenvalue weighted by atomic mass is 16.2. The van der Waals surface area contributed by atoms with E-state index >= 15 is 0 Å². The Kier molecular flexibility index (Phi) is 3.68. The Morgan fingerprint density at radius 2 is 2.33 bits per heavy atom. The standard InChI is InChI=1S/C9H9N3O3/c10-4-7(14)12-9(15)8-6(5-13)2-1-3-11-8/h1-3,8H,4,10H2,(H,12,14,15). The molecule has 0 aliphatic carbocycles. The highest BCUT2D eigenvalue weighted by Crippen LogP contribution is 2.08. The third-order valence-electron chi connectivity index (χ3n) is 1.71. The number of hydrogen-bond donors (Lipinski definition) is 2. The molecule has 3 N–H and O–H groups in total. The van der Waals surface area contributed by atoms with E-state index in [2.05, 4.69) is 4.99 Å². The summed E-state index contributed by atoms with van der Waals surface area (Å²) in [4.78, 5) is 36.4. The lowest BCUT2D eigenvalue weighted by Crippen LogP contribution is -2.42. The predicted molar refractivity (Wildman–Crippen MR) is 52.8 cm³/mol. The van der Waals surface area contributed by atoms with Crippen LogP contribution in [0.15, 0.2) is 22.7 Å². The van der Waals surface area contributed by atoms with Gasteiger partial charge in [-0.3, -0.25) is 19.9 Å². The Morgan fingerprint density at radius 3 is 2.93 bits per heavy atom. The van der Waals surface area contributed by atoms with Gasteiger partial charge in [-0.05, 0) is 12.2 Å². The van der Waals surface area contributed by atoms with Gasteiger partial charge in [0.2, 0.25) is 5.91 Å². The van der Waals surface area contributed by atoms with Gasteiger partial charge in [-0.15, -0.1) is 0 Å². The summed E-state index contributed by atoms with van der Waals surface area (Å²) >= 11 is 0. The van der Waals surface area contributed by atoms with Gasteiger partial charge >= 0.3 is 0 Å². The molecule has 0 saturated carbocycles. The number of nitrogens with zero attached hydrogens (tertiary/aromatic N) is 1. The number of dihydropyridines is 1. The van der Waals surface area contributed by atoms with Crippen LogP contribution in [0.1, 0.15) is 0 Å². The fourth-order valence-corrected chi connectivity index (χ4v) is 1.01. The smallest absolute Gasteiger partial charge is 0.256 e. The van der Waals surface area contributed by atoms with Crippen LogP contribution in [-0.2, 0) is 14.4 Å². The summed E-state index contributed by atoms with van der Waals surface area (Å²) in [5, 5.41) is 2.01. The maximum absolute atomic E-state index is 11.4. The largest absolute Gasteiger partial charge is 0.322 e. The number of allylic oxidation sites excluding steroid dienone is 1. The van der Waals surface area contributed by atoms with Crippen molar-refractivity contribution in [2.24, 2.45) is 10.7 Å². The number of imide groups is 1. The van der Waals surface area contributed by atoms with Gasteiger partial charge in [-0.25, -0.2) is 4.79 Å². The van der Waals surface area contributed by atoms with Crippen LogP contribution in [0.2, 0.25) is 0 Å². The molecular formula is C9H9N3O3. The molecule has 0 aromatic heterocycles. The van der Waals surface area contributed by atoms with Crippen LogP contribution < -0.4 is 11.1 Å².